The molecule has 0 saturated heterocycles. The van der Waals surface area contributed by atoms with Crippen molar-refractivity contribution in [1.29, 1.82) is 0 Å². The first-order valence-corrected chi connectivity index (χ1v) is 5.72. The molecular formula is C14H16O3. The van der Waals surface area contributed by atoms with Crippen molar-refractivity contribution in [3.05, 3.63) is 47.5 Å². The van der Waals surface area contributed by atoms with Crippen LogP contribution in [-0.2, 0) is 20.9 Å². The molecule has 0 N–H and O–H groups in total. The fraction of sp³-hybridized carbons (Fsp3) is 0.357. The van der Waals surface area contributed by atoms with Crippen molar-refractivity contribution in [3.63, 3.8) is 0 Å². The monoisotopic (exact) mass is 232 g/mol. The molecular weight excluding hydrogens is 216 g/mol. The average Bonchev–Trinajstić information content (AvgIpc) is 2.29. The molecule has 0 fully saturated rings. The van der Waals surface area contributed by atoms with Crippen molar-refractivity contribution in [2.75, 3.05) is 6.61 Å². The van der Waals surface area contributed by atoms with E-state index in [2.05, 4.69) is 0 Å². The van der Waals surface area contributed by atoms with Gasteiger partial charge in [0.15, 0.2) is 0 Å². The molecule has 1 aromatic rings. The molecule has 0 spiro atoms. The molecule has 1 aliphatic heterocycles. The lowest BCUT2D eigenvalue weighted by molar-refractivity contribution is -0.150. The van der Waals surface area contributed by atoms with Crippen LogP contribution in [0, 0.1) is 0 Å². The summed E-state index contributed by atoms with van der Waals surface area (Å²) in [4.78, 5) is 11.2. The predicted molar refractivity (Wildman–Crippen MR) is 64.4 cm³/mol. The Balaban J connectivity index is 1.79. The van der Waals surface area contributed by atoms with Crippen LogP contribution in [0.3, 0.4) is 0 Å². The molecule has 17 heavy (non-hydrogen) atoms. The maximum absolute atomic E-state index is 11.2. The summed E-state index contributed by atoms with van der Waals surface area (Å²) in [6.07, 6.45) is 2.11. The van der Waals surface area contributed by atoms with Crippen molar-refractivity contribution in [2.45, 2.75) is 26.1 Å². The summed E-state index contributed by atoms with van der Waals surface area (Å²) in [7, 11) is 0. The largest absolute Gasteiger partial charge is 0.455 e. The first kappa shape index (κ1) is 11.9. The molecule has 1 atom stereocenters. The van der Waals surface area contributed by atoms with Crippen molar-refractivity contribution in [3.8, 4) is 0 Å². The Bertz CT molecular complexity index is 409. The smallest absolute Gasteiger partial charge is 0.310 e. The second-order valence-corrected chi connectivity index (χ2v) is 4.22. The Kier molecular flexibility index (Phi) is 3.94. The van der Waals surface area contributed by atoms with Crippen LogP contribution in [0.5, 0.6) is 0 Å². The summed E-state index contributed by atoms with van der Waals surface area (Å²) in [6.45, 7) is 2.89. The molecule has 90 valence electrons. The van der Waals surface area contributed by atoms with E-state index in [1.807, 2.05) is 43.3 Å². The van der Waals surface area contributed by atoms with Gasteiger partial charge in [-0.15, -0.1) is 0 Å². The van der Waals surface area contributed by atoms with Crippen LogP contribution in [0.1, 0.15) is 18.9 Å². The van der Waals surface area contributed by atoms with E-state index in [9.17, 15) is 4.79 Å². The predicted octanol–water partition coefficient (Wildman–Crippen LogP) is 2.47. The molecule has 0 amide bonds. The molecule has 1 heterocycles. The summed E-state index contributed by atoms with van der Waals surface area (Å²) in [5.41, 5.74) is 2.17. The maximum Gasteiger partial charge on any atom is 0.310 e. The summed E-state index contributed by atoms with van der Waals surface area (Å²) >= 11 is 0. The normalized spacial score (nSPS) is 19.7. The van der Waals surface area contributed by atoms with Crippen LogP contribution < -0.4 is 0 Å². The SMILES string of the molecule is CC1=C[C@H](COCc2ccccc2)OC(=O)C1. The van der Waals surface area contributed by atoms with E-state index in [0.29, 0.717) is 19.6 Å². The zero-order chi connectivity index (χ0) is 12.1. The van der Waals surface area contributed by atoms with Gasteiger partial charge in [-0.2, -0.15) is 0 Å². The molecule has 1 aromatic carbocycles. The fourth-order valence-electron chi connectivity index (χ4n) is 1.80. The van der Waals surface area contributed by atoms with Crippen LogP contribution in [0.15, 0.2) is 42.0 Å². The summed E-state index contributed by atoms with van der Waals surface area (Å²) < 4.78 is 10.7. The summed E-state index contributed by atoms with van der Waals surface area (Å²) in [5, 5.41) is 0. The van der Waals surface area contributed by atoms with Crippen LogP contribution >= 0.6 is 0 Å². The van der Waals surface area contributed by atoms with E-state index < -0.39 is 0 Å². The number of carbonyl (C=O) groups excluding carboxylic acids is 1. The van der Waals surface area contributed by atoms with Gasteiger partial charge in [-0.3, -0.25) is 4.79 Å². The van der Waals surface area contributed by atoms with Crippen molar-refractivity contribution < 1.29 is 14.3 Å². The lowest BCUT2D eigenvalue weighted by Crippen LogP contribution is -2.25. The Morgan fingerprint density at radius 3 is 2.82 bits per heavy atom. The highest BCUT2D eigenvalue weighted by Gasteiger charge is 2.18. The molecule has 0 bridgehead atoms. The van der Waals surface area contributed by atoms with Crippen molar-refractivity contribution in [2.24, 2.45) is 0 Å². The highest BCUT2D eigenvalue weighted by atomic mass is 16.6. The third kappa shape index (κ3) is 3.71. The molecule has 0 aliphatic carbocycles. The lowest BCUT2D eigenvalue weighted by Gasteiger charge is -2.20. The number of cyclic esters (lactones) is 1. The van der Waals surface area contributed by atoms with E-state index in [4.69, 9.17) is 9.47 Å². The van der Waals surface area contributed by atoms with Crippen LogP contribution in [0.25, 0.3) is 0 Å². The summed E-state index contributed by atoms with van der Waals surface area (Å²) in [5.74, 6) is -0.168. The minimum atomic E-state index is -0.236. The number of hydrogen-bond acceptors (Lipinski definition) is 3. The Morgan fingerprint density at radius 2 is 2.12 bits per heavy atom. The van der Waals surface area contributed by atoms with Gasteiger partial charge in [0.05, 0.1) is 19.6 Å². The third-order valence-electron chi connectivity index (χ3n) is 2.57. The first-order chi connectivity index (χ1) is 8.24. The molecule has 0 unspecified atom stereocenters. The minimum Gasteiger partial charge on any atom is -0.455 e. The van der Waals surface area contributed by atoms with Crippen LogP contribution in [0.4, 0.5) is 0 Å². The molecule has 0 aromatic heterocycles. The topological polar surface area (TPSA) is 35.5 Å². The van der Waals surface area contributed by atoms with Gasteiger partial charge < -0.3 is 9.47 Å². The van der Waals surface area contributed by atoms with E-state index in [-0.39, 0.29) is 12.1 Å². The second-order valence-electron chi connectivity index (χ2n) is 4.22. The van der Waals surface area contributed by atoms with Gasteiger partial charge in [0, 0.05) is 0 Å². The molecule has 3 heteroatoms. The summed E-state index contributed by atoms with van der Waals surface area (Å²) in [6, 6.07) is 9.94. The standard InChI is InChI=1S/C14H16O3/c1-11-7-13(17-14(15)8-11)10-16-9-12-5-3-2-4-6-12/h2-7,13H,8-10H2,1H3/t13-/m1/s1. The number of rotatable bonds is 4. The highest BCUT2D eigenvalue weighted by molar-refractivity contribution is 5.73. The maximum atomic E-state index is 11.2. The number of benzene rings is 1. The van der Waals surface area contributed by atoms with Gasteiger partial charge in [0.2, 0.25) is 0 Å². The zero-order valence-corrected chi connectivity index (χ0v) is 9.89. The van der Waals surface area contributed by atoms with E-state index in [0.717, 1.165) is 11.1 Å². The Hall–Kier alpha value is -1.61. The molecule has 2 rings (SSSR count). The molecule has 0 radical (unpaired) electrons. The van der Waals surface area contributed by atoms with Gasteiger partial charge >= 0.3 is 5.97 Å². The number of ether oxygens (including phenoxy) is 2. The molecule has 1 aliphatic rings. The highest BCUT2D eigenvalue weighted by Crippen LogP contribution is 2.14. The van der Waals surface area contributed by atoms with Gasteiger partial charge in [-0.1, -0.05) is 35.9 Å². The van der Waals surface area contributed by atoms with Crippen LogP contribution in [-0.4, -0.2) is 18.7 Å². The molecule has 3 nitrogen and oxygen atoms in total. The quantitative estimate of drug-likeness (QED) is 0.591. The number of hydrogen-bond donors (Lipinski definition) is 0. The average molecular weight is 232 g/mol. The van der Waals surface area contributed by atoms with Gasteiger partial charge in [0.1, 0.15) is 6.10 Å². The van der Waals surface area contributed by atoms with Gasteiger partial charge in [0.25, 0.3) is 0 Å². The van der Waals surface area contributed by atoms with Crippen molar-refractivity contribution in [1.82, 2.24) is 0 Å². The Morgan fingerprint density at radius 1 is 1.35 bits per heavy atom. The molecule has 0 saturated carbocycles. The zero-order valence-electron chi connectivity index (χ0n) is 9.89. The third-order valence-corrected chi connectivity index (χ3v) is 2.57. The Labute approximate surface area is 101 Å². The van der Waals surface area contributed by atoms with Gasteiger partial charge in [-0.25, -0.2) is 0 Å². The second kappa shape index (κ2) is 5.64. The van der Waals surface area contributed by atoms with Crippen LogP contribution in [0.2, 0.25) is 0 Å². The van der Waals surface area contributed by atoms with E-state index in [1.54, 1.807) is 0 Å². The number of esters is 1. The van der Waals surface area contributed by atoms with Crippen molar-refractivity contribution >= 4 is 5.97 Å². The minimum absolute atomic E-state index is 0.168. The van der Waals surface area contributed by atoms with Gasteiger partial charge in [-0.05, 0) is 18.6 Å². The number of carbonyl (C=O) groups is 1. The fourth-order valence-corrected chi connectivity index (χ4v) is 1.80. The lowest BCUT2D eigenvalue weighted by atomic mass is 10.1. The van der Waals surface area contributed by atoms with E-state index in [1.165, 1.54) is 0 Å². The van der Waals surface area contributed by atoms with E-state index >= 15 is 0 Å². The first-order valence-electron chi connectivity index (χ1n) is 5.72.